The van der Waals surface area contributed by atoms with Gasteiger partial charge in [0.2, 0.25) is 0 Å². The van der Waals surface area contributed by atoms with E-state index in [1.165, 1.54) is 5.56 Å². The fourth-order valence-corrected chi connectivity index (χ4v) is 3.21. The highest BCUT2D eigenvalue weighted by molar-refractivity contribution is 6.30. The van der Waals surface area contributed by atoms with Gasteiger partial charge in [-0.2, -0.15) is 0 Å². The van der Waals surface area contributed by atoms with E-state index in [2.05, 4.69) is 22.4 Å². The van der Waals surface area contributed by atoms with Crippen LogP contribution in [-0.4, -0.2) is 21.6 Å². The molecule has 1 aliphatic rings. The molecule has 4 rings (SSSR count). The molecular weight excluding hydrogens is 350 g/mol. The number of carbonyl (C=O) groups is 1. The van der Waals surface area contributed by atoms with Gasteiger partial charge in [-0.05, 0) is 34.9 Å². The van der Waals surface area contributed by atoms with Crippen LogP contribution in [0.4, 0.5) is 0 Å². The minimum Gasteiger partial charge on any atom is -0.480 e. The van der Waals surface area contributed by atoms with Crippen LogP contribution in [0.3, 0.4) is 0 Å². The lowest BCUT2D eigenvalue weighted by atomic mass is 10.1. The molecule has 1 aromatic heterocycles. The molecule has 0 aliphatic carbocycles. The molecule has 1 aliphatic heterocycles. The van der Waals surface area contributed by atoms with Gasteiger partial charge in [0.1, 0.15) is 5.75 Å². The number of carbonyl (C=O) groups excluding carboxylic acids is 1. The molecule has 1 N–H and O–H groups in total. The van der Waals surface area contributed by atoms with Crippen LogP contribution < -0.4 is 10.1 Å². The molecule has 6 heteroatoms. The minimum absolute atomic E-state index is 0.111. The maximum atomic E-state index is 12.4. The van der Waals surface area contributed by atoms with Crippen molar-refractivity contribution in [3.63, 3.8) is 0 Å². The molecule has 0 saturated heterocycles. The normalized spacial score (nSPS) is 15.3. The van der Waals surface area contributed by atoms with Crippen molar-refractivity contribution >= 4 is 17.5 Å². The van der Waals surface area contributed by atoms with E-state index in [4.69, 9.17) is 16.3 Å². The van der Waals surface area contributed by atoms with Crippen molar-refractivity contribution in [3.05, 3.63) is 82.9 Å². The largest absolute Gasteiger partial charge is 0.480 e. The van der Waals surface area contributed by atoms with Crippen molar-refractivity contribution in [2.45, 2.75) is 25.6 Å². The van der Waals surface area contributed by atoms with E-state index in [1.54, 1.807) is 18.6 Å². The second kappa shape index (κ2) is 7.22. The van der Waals surface area contributed by atoms with Crippen molar-refractivity contribution < 1.29 is 9.53 Å². The maximum absolute atomic E-state index is 12.4. The van der Waals surface area contributed by atoms with Gasteiger partial charge in [-0.25, -0.2) is 4.98 Å². The van der Waals surface area contributed by atoms with Crippen LogP contribution in [0.2, 0.25) is 5.02 Å². The van der Waals surface area contributed by atoms with Gasteiger partial charge in [-0.3, -0.25) is 4.79 Å². The quantitative estimate of drug-likeness (QED) is 0.753. The van der Waals surface area contributed by atoms with Crippen LogP contribution in [0, 0.1) is 0 Å². The Kier molecular flexibility index (Phi) is 4.63. The molecule has 132 valence electrons. The zero-order valence-corrected chi connectivity index (χ0v) is 14.8. The lowest BCUT2D eigenvalue weighted by Gasteiger charge is -2.12. The summed E-state index contributed by atoms with van der Waals surface area (Å²) in [5.41, 5.74) is 3.21. The molecule has 3 aromatic rings. The van der Waals surface area contributed by atoms with Gasteiger partial charge in [0.15, 0.2) is 6.10 Å². The van der Waals surface area contributed by atoms with Crippen LogP contribution in [0.15, 0.2) is 61.2 Å². The Hall–Kier alpha value is -2.79. The molecule has 5 nitrogen and oxygen atoms in total. The Morgan fingerprint density at radius 1 is 1.23 bits per heavy atom. The van der Waals surface area contributed by atoms with Gasteiger partial charge in [0, 0.05) is 36.9 Å². The summed E-state index contributed by atoms with van der Waals surface area (Å²) in [6.07, 6.45) is 5.54. The molecule has 1 atom stereocenters. The lowest BCUT2D eigenvalue weighted by Crippen LogP contribution is -2.37. The van der Waals surface area contributed by atoms with Crippen LogP contribution in [0.25, 0.3) is 0 Å². The molecule has 0 radical (unpaired) electrons. The first-order valence-electron chi connectivity index (χ1n) is 8.44. The van der Waals surface area contributed by atoms with Crippen LogP contribution in [-0.2, 0) is 24.3 Å². The number of benzene rings is 2. The topological polar surface area (TPSA) is 56.2 Å². The summed E-state index contributed by atoms with van der Waals surface area (Å²) >= 11 is 5.99. The Bertz CT molecular complexity index is 907. The van der Waals surface area contributed by atoms with Crippen molar-refractivity contribution in [2.75, 3.05) is 0 Å². The van der Waals surface area contributed by atoms with Crippen LogP contribution >= 0.6 is 11.6 Å². The van der Waals surface area contributed by atoms with Crippen molar-refractivity contribution in [3.8, 4) is 5.75 Å². The van der Waals surface area contributed by atoms with Crippen LogP contribution in [0.1, 0.15) is 16.7 Å². The summed E-state index contributed by atoms with van der Waals surface area (Å²) in [6.45, 7) is 1.25. The van der Waals surface area contributed by atoms with E-state index in [1.807, 2.05) is 35.0 Å². The molecule has 26 heavy (non-hydrogen) atoms. The first-order chi connectivity index (χ1) is 12.7. The molecule has 1 amide bonds. The zero-order chi connectivity index (χ0) is 17.9. The van der Waals surface area contributed by atoms with Crippen molar-refractivity contribution in [1.82, 2.24) is 14.9 Å². The molecule has 0 bridgehead atoms. The molecule has 2 heterocycles. The Morgan fingerprint density at radius 2 is 2.04 bits per heavy atom. The fraction of sp³-hybridized carbons (Fsp3) is 0.200. The highest BCUT2D eigenvalue weighted by Crippen LogP contribution is 2.31. The highest BCUT2D eigenvalue weighted by Gasteiger charge is 2.28. The van der Waals surface area contributed by atoms with E-state index >= 15 is 0 Å². The van der Waals surface area contributed by atoms with Gasteiger partial charge in [-0.1, -0.05) is 35.9 Å². The van der Waals surface area contributed by atoms with Gasteiger partial charge in [-0.15, -0.1) is 0 Å². The summed E-state index contributed by atoms with van der Waals surface area (Å²) in [6, 6.07) is 13.6. The Morgan fingerprint density at radius 3 is 2.81 bits per heavy atom. The van der Waals surface area contributed by atoms with Crippen molar-refractivity contribution in [1.29, 1.82) is 0 Å². The van der Waals surface area contributed by atoms with Gasteiger partial charge >= 0.3 is 0 Å². The maximum Gasteiger partial charge on any atom is 0.261 e. The lowest BCUT2D eigenvalue weighted by molar-refractivity contribution is -0.127. The number of nitrogens with zero attached hydrogens (tertiary/aromatic N) is 2. The van der Waals surface area contributed by atoms with E-state index in [-0.39, 0.29) is 5.91 Å². The molecule has 2 aromatic carbocycles. The number of nitrogens with one attached hydrogen (secondary N) is 1. The Labute approximate surface area is 156 Å². The summed E-state index contributed by atoms with van der Waals surface area (Å²) in [5.74, 6) is 0.623. The van der Waals surface area contributed by atoms with Gasteiger partial charge in [0.25, 0.3) is 5.91 Å². The summed E-state index contributed by atoms with van der Waals surface area (Å²) in [7, 11) is 0. The fourth-order valence-electron chi connectivity index (χ4n) is 3.02. The summed E-state index contributed by atoms with van der Waals surface area (Å²) < 4.78 is 7.72. The third kappa shape index (κ3) is 3.73. The number of halogens is 1. The Balaban J connectivity index is 1.31. The third-order valence-corrected chi connectivity index (χ3v) is 4.64. The van der Waals surface area contributed by atoms with Gasteiger partial charge < -0.3 is 14.6 Å². The van der Waals surface area contributed by atoms with E-state index in [0.29, 0.717) is 18.0 Å². The summed E-state index contributed by atoms with van der Waals surface area (Å²) in [4.78, 5) is 16.4. The first kappa shape index (κ1) is 16.7. The molecule has 1 unspecified atom stereocenters. The number of rotatable bonds is 5. The number of aromatic nitrogens is 2. The zero-order valence-electron chi connectivity index (χ0n) is 14.1. The number of imidazole rings is 1. The second-order valence-electron chi connectivity index (χ2n) is 6.33. The first-order valence-corrected chi connectivity index (χ1v) is 8.81. The average Bonchev–Trinajstić information content (AvgIpc) is 3.30. The predicted molar refractivity (Wildman–Crippen MR) is 99.2 cm³/mol. The van der Waals surface area contributed by atoms with Crippen molar-refractivity contribution in [2.24, 2.45) is 0 Å². The number of fused-ring (bicyclic) bond motifs is 1. The van der Waals surface area contributed by atoms with Crippen LogP contribution in [0.5, 0.6) is 5.75 Å². The number of ether oxygens (including phenoxy) is 1. The van der Waals surface area contributed by atoms with E-state index < -0.39 is 6.10 Å². The third-order valence-electron chi connectivity index (χ3n) is 4.40. The van der Waals surface area contributed by atoms with Gasteiger partial charge in [0.05, 0.1) is 6.33 Å². The molecule has 0 spiro atoms. The molecular formula is C20H18ClN3O2. The summed E-state index contributed by atoms with van der Waals surface area (Å²) in [5, 5.41) is 3.60. The smallest absolute Gasteiger partial charge is 0.261 e. The number of hydrogen-bond donors (Lipinski definition) is 1. The highest BCUT2D eigenvalue weighted by atomic mass is 35.5. The van der Waals surface area contributed by atoms with E-state index in [9.17, 15) is 4.79 Å². The predicted octanol–water partition coefficient (Wildman–Crippen LogP) is 3.20. The SMILES string of the molecule is O=C(NCc1ccc(Cn2ccnc2)cc1)C1Cc2cc(Cl)ccc2O1. The standard InChI is InChI=1S/C20H18ClN3O2/c21-17-5-6-18-16(9-17)10-19(26-18)20(25)23-11-14-1-3-15(4-2-14)12-24-8-7-22-13-24/h1-9,13,19H,10-12H2,(H,23,25). The second-order valence-corrected chi connectivity index (χ2v) is 6.77. The monoisotopic (exact) mass is 367 g/mol. The van der Waals surface area contributed by atoms with E-state index in [0.717, 1.165) is 23.4 Å². The number of amides is 1. The minimum atomic E-state index is -0.496. The molecule has 0 saturated carbocycles. The number of hydrogen-bond acceptors (Lipinski definition) is 3. The average molecular weight is 368 g/mol. The molecule has 0 fully saturated rings.